The van der Waals surface area contributed by atoms with Crippen molar-refractivity contribution in [2.75, 3.05) is 11.5 Å². The summed E-state index contributed by atoms with van der Waals surface area (Å²) < 4.78 is 22.6. The zero-order chi connectivity index (χ0) is 15.6. The summed E-state index contributed by atoms with van der Waals surface area (Å²) in [6.07, 6.45) is 0.217. The number of nitrogens with one attached hydrogen (secondary N) is 2. The Morgan fingerprint density at radius 1 is 1.35 bits per heavy atom. The molecule has 0 aromatic carbocycles. The second-order valence-electron chi connectivity index (χ2n) is 6.23. The van der Waals surface area contributed by atoms with E-state index >= 15 is 0 Å². The highest BCUT2D eigenvalue weighted by Crippen LogP contribution is 2.22. The summed E-state index contributed by atoms with van der Waals surface area (Å²) in [6.45, 7) is 5.50. The highest BCUT2D eigenvalue weighted by molar-refractivity contribution is 7.91. The third-order valence-electron chi connectivity index (χ3n) is 3.30. The molecule has 20 heavy (non-hydrogen) atoms. The molecule has 3 N–H and O–H groups in total. The first kappa shape index (κ1) is 16.7. The minimum Gasteiger partial charge on any atom is -0.481 e. The van der Waals surface area contributed by atoms with E-state index in [4.69, 9.17) is 5.11 Å². The van der Waals surface area contributed by atoms with E-state index in [0.717, 1.165) is 0 Å². The van der Waals surface area contributed by atoms with Gasteiger partial charge in [0, 0.05) is 12.1 Å². The molecule has 116 valence electrons. The Balaban J connectivity index is 2.57. The van der Waals surface area contributed by atoms with Crippen LogP contribution in [0, 0.1) is 5.41 Å². The van der Waals surface area contributed by atoms with E-state index in [0.29, 0.717) is 6.42 Å². The maximum Gasteiger partial charge on any atom is 0.315 e. The molecule has 0 aromatic rings. The number of carboxylic acid groups (broad SMARTS) is 1. The van der Waals surface area contributed by atoms with E-state index in [1.54, 1.807) is 0 Å². The van der Waals surface area contributed by atoms with Crippen LogP contribution in [-0.4, -0.2) is 49.1 Å². The summed E-state index contributed by atoms with van der Waals surface area (Å²) in [7, 11) is -3.05. The molecule has 0 aliphatic carbocycles. The number of carboxylic acids is 1. The molecule has 8 heteroatoms. The smallest absolute Gasteiger partial charge is 0.315 e. The average molecular weight is 306 g/mol. The van der Waals surface area contributed by atoms with E-state index in [1.165, 1.54) is 0 Å². The first-order valence-corrected chi connectivity index (χ1v) is 8.31. The molecule has 0 radical (unpaired) electrons. The molecule has 1 aliphatic heterocycles. The second-order valence-corrected chi connectivity index (χ2v) is 8.46. The molecular weight excluding hydrogens is 284 g/mol. The van der Waals surface area contributed by atoms with Gasteiger partial charge in [-0.3, -0.25) is 4.79 Å². The van der Waals surface area contributed by atoms with Crippen LogP contribution in [0.15, 0.2) is 0 Å². The summed E-state index contributed by atoms with van der Waals surface area (Å²) >= 11 is 0. The highest BCUT2D eigenvalue weighted by Gasteiger charge is 2.32. The van der Waals surface area contributed by atoms with Crippen molar-refractivity contribution in [1.82, 2.24) is 10.6 Å². The number of urea groups is 1. The van der Waals surface area contributed by atoms with E-state index < -0.39 is 39.3 Å². The van der Waals surface area contributed by atoms with Crippen molar-refractivity contribution in [3.8, 4) is 0 Å². The monoisotopic (exact) mass is 306 g/mol. The van der Waals surface area contributed by atoms with Crippen molar-refractivity contribution in [3.05, 3.63) is 0 Å². The Hall–Kier alpha value is -1.31. The quantitative estimate of drug-likeness (QED) is 0.694. The van der Waals surface area contributed by atoms with Gasteiger partial charge in [-0.2, -0.15) is 0 Å². The number of amides is 2. The van der Waals surface area contributed by atoms with Gasteiger partial charge in [0.1, 0.15) is 0 Å². The number of sulfone groups is 1. The summed E-state index contributed by atoms with van der Waals surface area (Å²) in [5.74, 6) is -0.969. The molecule has 0 spiro atoms. The van der Waals surface area contributed by atoms with Crippen LogP contribution in [0.25, 0.3) is 0 Å². The zero-order valence-electron chi connectivity index (χ0n) is 12.0. The Kier molecular flexibility index (Phi) is 5.01. The molecule has 1 rings (SSSR count). The topological polar surface area (TPSA) is 113 Å². The molecule has 1 saturated heterocycles. The molecule has 1 aliphatic rings. The molecule has 2 amide bonds. The Labute approximate surface area is 119 Å². The Morgan fingerprint density at radius 2 is 1.95 bits per heavy atom. The van der Waals surface area contributed by atoms with Crippen molar-refractivity contribution in [2.24, 2.45) is 5.41 Å². The molecule has 0 aromatic heterocycles. The largest absolute Gasteiger partial charge is 0.481 e. The standard InChI is InChI=1S/C12H22N2O5S/c1-12(2,3)9(6-10(15)16)14-11(17)13-8-4-5-20(18,19)7-8/h8-9H,4-7H2,1-3H3,(H,15,16)(H2,13,14,17). The number of rotatable bonds is 4. The molecule has 0 bridgehead atoms. The predicted octanol–water partition coefficient (Wildman–Crippen LogP) is 0.362. The molecular formula is C12H22N2O5S. The maximum absolute atomic E-state index is 11.8. The fourth-order valence-corrected chi connectivity index (χ4v) is 3.72. The lowest BCUT2D eigenvalue weighted by molar-refractivity contribution is -0.138. The van der Waals surface area contributed by atoms with Crippen LogP contribution in [0.5, 0.6) is 0 Å². The molecule has 7 nitrogen and oxygen atoms in total. The van der Waals surface area contributed by atoms with Crippen LogP contribution in [0.1, 0.15) is 33.6 Å². The van der Waals surface area contributed by atoms with Gasteiger partial charge in [-0.1, -0.05) is 20.8 Å². The lowest BCUT2D eigenvalue weighted by Crippen LogP contribution is -2.51. The summed E-state index contributed by atoms with van der Waals surface area (Å²) in [5, 5.41) is 14.1. The summed E-state index contributed by atoms with van der Waals surface area (Å²) in [6, 6.07) is -1.45. The van der Waals surface area contributed by atoms with E-state index in [1.807, 2.05) is 20.8 Å². The third kappa shape index (κ3) is 5.36. The van der Waals surface area contributed by atoms with Gasteiger partial charge in [0.05, 0.1) is 17.9 Å². The number of hydrogen-bond acceptors (Lipinski definition) is 4. The van der Waals surface area contributed by atoms with Gasteiger partial charge in [0.25, 0.3) is 0 Å². The molecule has 1 heterocycles. The summed E-state index contributed by atoms with van der Waals surface area (Å²) in [4.78, 5) is 22.7. The van der Waals surface area contributed by atoms with Crippen LogP contribution in [0.4, 0.5) is 4.79 Å². The van der Waals surface area contributed by atoms with Crippen LogP contribution in [0.3, 0.4) is 0 Å². The molecule has 0 saturated carbocycles. The third-order valence-corrected chi connectivity index (χ3v) is 5.07. The van der Waals surface area contributed by atoms with Gasteiger partial charge in [0.15, 0.2) is 9.84 Å². The molecule has 2 atom stereocenters. The zero-order valence-corrected chi connectivity index (χ0v) is 12.8. The van der Waals surface area contributed by atoms with Crippen molar-refractivity contribution in [1.29, 1.82) is 0 Å². The molecule has 2 unspecified atom stereocenters. The number of aliphatic carboxylic acids is 1. The summed E-state index contributed by atoms with van der Waals surface area (Å²) in [5.41, 5.74) is -0.405. The number of carbonyl (C=O) groups is 2. The van der Waals surface area contributed by atoms with E-state index in [2.05, 4.69) is 10.6 Å². The van der Waals surface area contributed by atoms with Gasteiger partial charge in [-0.15, -0.1) is 0 Å². The Morgan fingerprint density at radius 3 is 2.35 bits per heavy atom. The SMILES string of the molecule is CC(C)(C)C(CC(=O)O)NC(=O)NC1CCS(=O)(=O)C1. The van der Waals surface area contributed by atoms with Crippen LogP contribution < -0.4 is 10.6 Å². The van der Waals surface area contributed by atoms with E-state index in [9.17, 15) is 18.0 Å². The predicted molar refractivity (Wildman–Crippen MR) is 74.2 cm³/mol. The van der Waals surface area contributed by atoms with Gasteiger partial charge < -0.3 is 15.7 Å². The number of carbonyl (C=O) groups excluding carboxylic acids is 1. The van der Waals surface area contributed by atoms with Crippen molar-refractivity contribution < 1.29 is 23.1 Å². The van der Waals surface area contributed by atoms with Crippen molar-refractivity contribution >= 4 is 21.8 Å². The van der Waals surface area contributed by atoms with E-state index in [-0.39, 0.29) is 17.9 Å². The first-order valence-electron chi connectivity index (χ1n) is 6.49. The van der Waals surface area contributed by atoms with Gasteiger partial charge in [0.2, 0.25) is 0 Å². The van der Waals surface area contributed by atoms with Gasteiger partial charge >= 0.3 is 12.0 Å². The second kappa shape index (κ2) is 5.99. The maximum atomic E-state index is 11.8. The lowest BCUT2D eigenvalue weighted by Gasteiger charge is -2.30. The van der Waals surface area contributed by atoms with Crippen LogP contribution in [0.2, 0.25) is 0 Å². The van der Waals surface area contributed by atoms with Crippen molar-refractivity contribution in [2.45, 2.75) is 45.7 Å². The van der Waals surface area contributed by atoms with Crippen LogP contribution >= 0.6 is 0 Å². The Bertz CT molecular complexity index is 481. The average Bonchev–Trinajstić information content (AvgIpc) is 2.54. The fourth-order valence-electron chi connectivity index (χ4n) is 2.04. The fraction of sp³-hybridized carbons (Fsp3) is 0.833. The van der Waals surface area contributed by atoms with Gasteiger partial charge in [-0.25, -0.2) is 13.2 Å². The lowest BCUT2D eigenvalue weighted by atomic mass is 9.85. The minimum atomic E-state index is -3.05. The normalized spacial score (nSPS) is 23.1. The van der Waals surface area contributed by atoms with Crippen molar-refractivity contribution in [3.63, 3.8) is 0 Å². The minimum absolute atomic E-state index is 0.0560. The van der Waals surface area contributed by atoms with Crippen LogP contribution in [-0.2, 0) is 14.6 Å². The first-order chi connectivity index (χ1) is 8.99. The molecule has 1 fully saturated rings. The highest BCUT2D eigenvalue weighted by atomic mass is 32.2. The number of hydrogen-bond donors (Lipinski definition) is 3. The van der Waals surface area contributed by atoms with Gasteiger partial charge in [-0.05, 0) is 11.8 Å².